The topological polar surface area (TPSA) is 41.6 Å². The average molecular weight is 325 g/mol. The standard InChI is InChI=1S/C19H36N2O2/c1-14-9-8-11-17(14)20-15(2)13-16-10-6-7-12-21(16)18(22)23-19(3,4)5/h14-17,20H,6-13H2,1-5H3. The van der Waals surface area contributed by atoms with Crippen LogP contribution in [-0.2, 0) is 4.74 Å². The molecule has 2 fully saturated rings. The third-order valence-corrected chi connectivity index (χ3v) is 5.24. The van der Waals surface area contributed by atoms with Gasteiger partial charge in [0.1, 0.15) is 5.60 Å². The van der Waals surface area contributed by atoms with Gasteiger partial charge in [0.15, 0.2) is 0 Å². The number of likely N-dealkylation sites (tertiary alicyclic amines) is 1. The summed E-state index contributed by atoms with van der Waals surface area (Å²) in [6, 6.07) is 1.43. The molecule has 1 aliphatic heterocycles. The molecule has 1 saturated carbocycles. The molecule has 2 aliphatic rings. The zero-order valence-electron chi connectivity index (χ0n) is 15.7. The van der Waals surface area contributed by atoms with Gasteiger partial charge in [-0.1, -0.05) is 13.3 Å². The van der Waals surface area contributed by atoms with Crippen molar-refractivity contribution >= 4 is 6.09 Å². The first-order chi connectivity index (χ1) is 10.8. The zero-order chi connectivity index (χ0) is 17.0. The number of carbonyl (C=O) groups excluding carboxylic acids is 1. The van der Waals surface area contributed by atoms with Gasteiger partial charge in [-0.25, -0.2) is 4.79 Å². The number of ether oxygens (including phenoxy) is 1. The van der Waals surface area contributed by atoms with E-state index in [0.717, 1.165) is 31.7 Å². The molecule has 1 heterocycles. The first-order valence-corrected chi connectivity index (χ1v) is 9.52. The number of carbonyl (C=O) groups is 1. The maximum atomic E-state index is 12.5. The van der Waals surface area contributed by atoms with Gasteiger partial charge in [0, 0.05) is 24.7 Å². The molecule has 4 unspecified atom stereocenters. The van der Waals surface area contributed by atoms with E-state index in [4.69, 9.17) is 4.74 Å². The molecule has 1 amide bonds. The summed E-state index contributed by atoms with van der Waals surface area (Å²) >= 11 is 0. The summed E-state index contributed by atoms with van der Waals surface area (Å²) in [6.07, 6.45) is 8.30. The average Bonchev–Trinajstić information content (AvgIpc) is 2.82. The van der Waals surface area contributed by atoms with E-state index in [0.29, 0.717) is 18.1 Å². The van der Waals surface area contributed by atoms with E-state index < -0.39 is 5.60 Å². The molecule has 4 atom stereocenters. The molecule has 23 heavy (non-hydrogen) atoms. The second-order valence-electron chi connectivity index (χ2n) is 8.64. The largest absolute Gasteiger partial charge is 0.444 e. The number of hydrogen-bond acceptors (Lipinski definition) is 3. The van der Waals surface area contributed by atoms with E-state index in [-0.39, 0.29) is 6.09 Å². The van der Waals surface area contributed by atoms with E-state index in [1.165, 1.54) is 25.7 Å². The van der Waals surface area contributed by atoms with Crippen LogP contribution < -0.4 is 5.32 Å². The van der Waals surface area contributed by atoms with Crippen LogP contribution in [0.25, 0.3) is 0 Å². The van der Waals surface area contributed by atoms with Crippen molar-refractivity contribution in [2.45, 2.75) is 103 Å². The van der Waals surface area contributed by atoms with Gasteiger partial charge in [-0.3, -0.25) is 0 Å². The Bertz CT molecular complexity index is 391. The molecule has 0 aromatic carbocycles. The fourth-order valence-corrected chi connectivity index (χ4v) is 4.04. The number of nitrogens with one attached hydrogen (secondary N) is 1. The number of rotatable bonds is 4. The van der Waals surface area contributed by atoms with Crippen LogP contribution in [0.5, 0.6) is 0 Å². The Kier molecular flexibility index (Phi) is 6.35. The summed E-state index contributed by atoms with van der Waals surface area (Å²) < 4.78 is 5.61. The quantitative estimate of drug-likeness (QED) is 0.836. The van der Waals surface area contributed by atoms with Crippen LogP contribution in [0.15, 0.2) is 0 Å². The molecule has 4 nitrogen and oxygen atoms in total. The lowest BCUT2D eigenvalue weighted by Crippen LogP contribution is -2.49. The van der Waals surface area contributed by atoms with Crippen molar-refractivity contribution in [2.24, 2.45) is 5.92 Å². The first kappa shape index (κ1) is 18.6. The highest BCUT2D eigenvalue weighted by molar-refractivity contribution is 5.68. The molecule has 4 heteroatoms. The SMILES string of the molecule is CC(CC1CCCCN1C(=O)OC(C)(C)C)NC1CCCC1C. The number of hydrogen-bond donors (Lipinski definition) is 1. The monoisotopic (exact) mass is 324 g/mol. The highest BCUT2D eigenvalue weighted by Crippen LogP contribution is 2.27. The predicted octanol–water partition coefficient (Wildman–Crippen LogP) is 4.33. The van der Waals surface area contributed by atoms with Crippen LogP contribution in [0.2, 0.25) is 0 Å². The fraction of sp³-hybridized carbons (Fsp3) is 0.947. The van der Waals surface area contributed by atoms with Gasteiger partial charge in [0.05, 0.1) is 0 Å². The van der Waals surface area contributed by atoms with Gasteiger partial charge in [0.2, 0.25) is 0 Å². The third-order valence-electron chi connectivity index (χ3n) is 5.24. The summed E-state index contributed by atoms with van der Waals surface area (Å²) in [5.41, 5.74) is -0.414. The number of amides is 1. The Balaban J connectivity index is 1.88. The van der Waals surface area contributed by atoms with Crippen LogP contribution >= 0.6 is 0 Å². The van der Waals surface area contributed by atoms with E-state index in [2.05, 4.69) is 19.2 Å². The van der Waals surface area contributed by atoms with Crippen molar-refractivity contribution in [1.29, 1.82) is 0 Å². The van der Waals surface area contributed by atoms with Gasteiger partial charge in [-0.05, 0) is 72.1 Å². The van der Waals surface area contributed by atoms with Crippen molar-refractivity contribution in [3.63, 3.8) is 0 Å². The van der Waals surface area contributed by atoms with Crippen LogP contribution in [0.4, 0.5) is 4.79 Å². The molecule has 0 bridgehead atoms. The molecule has 0 aromatic heterocycles. The fourth-order valence-electron chi connectivity index (χ4n) is 4.04. The summed E-state index contributed by atoms with van der Waals surface area (Å²) in [4.78, 5) is 14.5. The lowest BCUT2D eigenvalue weighted by Gasteiger charge is -2.38. The summed E-state index contributed by atoms with van der Waals surface area (Å²) in [5.74, 6) is 0.783. The smallest absolute Gasteiger partial charge is 0.410 e. The Morgan fingerprint density at radius 1 is 1.22 bits per heavy atom. The Labute approximate surface area is 142 Å². The zero-order valence-corrected chi connectivity index (χ0v) is 15.7. The van der Waals surface area contributed by atoms with Gasteiger partial charge < -0.3 is 15.0 Å². The first-order valence-electron chi connectivity index (χ1n) is 9.52. The molecule has 2 rings (SSSR count). The van der Waals surface area contributed by atoms with Crippen LogP contribution in [-0.4, -0.2) is 41.3 Å². The number of nitrogens with zero attached hydrogens (tertiary/aromatic N) is 1. The molecule has 1 aliphatic carbocycles. The second-order valence-corrected chi connectivity index (χ2v) is 8.64. The Morgan fingerprint density at radius 2 is 1.96 bits per heavy atom. The minimum absolute atomic E-state index is 0.136. The maximum absolute atomic E-state index is 12.5. The van der Waals surface area contributed by atoms with Crippen molar-refractivity contribution in [1.82, 2.24) is 10.2 Å². The van der Waals surface area contributed by atoms with Gasteiger partial charge in [-0.2, -0.15) is 0 Å². The highest BCUT2D eigenvalue weighted by atomic mass is 16.6. The normalized spacial score (nSPS) is 30.3. The van der Waals surface area contributed by atoms with E-state index in [1.54, 1.807) is 0 Å². The van der Waals surface area contributed by atoms with Crippen molar-refractivity contribution in [2.75, 3.05) is 6.54 Å². The van der Waals surface area contributed by atoms with Crippen molar-refractivity contribution in [3.8, 4) is 0 Å². The van der Waals surface area contributed by atoms with Crippen molar-refractivity contribution in [3.05, 3.63) is 0 Å². The summed E-state index contributed by atoms with van der Waals surface area (Å²) in [7, 11) is 0. The third kappa shape index (κ3) is 5.66. The Hall–Kier alpha value is -0.770. The molecule has 1 N–H and O–H groups in total. The van der Waals surface area contributed by atoms with E-state index >= 15 is 0 Å². The maximum Gasteiger partial charge on any atom is 0.410 e. The molecular formula is C19H36N2O2. The van der Waals surface area contributed by atoms with Crippen LogP contribution in [0, 0.1) is 5.92 Å². The van der Waals surface area contributed by atoms with Crippen LogP contribution in [0.1, 0.15) is 79.6 Å². The van der Waals surface area contributed by atoms with Gasteiger partial charge >= 0.3 is 6.09 Å². The molecule has 1 saturated heterocycles. The minimum Gasteiger partial charge on any atom is -0.444 e. The lowest BCUT2D eigenvalue weighted by atomic mass is 9.95. The minimum atomic E-state index is -0.414. The molecule has 0 spiro atoms. The number of piperidine rings is 1. The van der Waals surface area contributed by atoms with Gasteiger partial charge in [-0.15, -0.1) is 0 Å². The predicted molar refractivity (Wildman–Crippen MR) is 94.6 cm³/mol. The molecular weight excluding hydrogens is 288 g/mol. The molecule has 0 aromatic rings. The summed E-state index contributed by atoms with van der Waals surface area (Å²) in [6.45, 7) is 11.3. The Morgan fingerprint density at radius 3 is 2.57 bits per heavy atom. The highest BCUT2D eigenvalue weighted by Gasteiger charge is 2.32. The second kappa shape index (κ2) is 7.87. The lowest BCUT2D eigenvalue weighted by molar-refractivity contribution is 0.00773. The molecule has 0 radical (unpaired) electrons. The van der Waals surface area contributed by atoms with E-state index in [1.807, 2.05) is 25.7 Å². The summed E-state index contributed by atoms with van der Waals surface area (Å²) in [5, 5.41) is 3.80. The van der Waals surface area contributed by atoms with E-state index in [9.17, 15) is 4.79 Å². The van der Waals surface area contributed by atoms with Crippen LogP contribution in [0.3, 0.4) is 0 Å². The van der Waals surface area contributed by atoms with Crippen molar-refractivity contribution < 1.29 is 9.53 Å². The van der Waals surface area contributed by atoms with Gasteiger partial charge in [0.25, 0.3) is 0 Å². The molecule has 134 valence electrons.